The smallest absolute Gasteiger partial charge is 0.317 e. The SMILES string of the molecule is Cc1c(CNC(=O)N2CCO[C@@H](CCc3ccccc3)C2)cnn1C. The average molecular weight is 342 g/mol. The molecule has 0 bridgehead atoms. The summed E-state index contributed by atoms with van der Waals surface area (Å²) in [5, 5.41) is 7.20. The van der Waals surface area contributed by atoms with Crippen LogP contribution in [0.5, 0.6) is 0 Å². The van der Waals surface area contributed by atoms with Gasteiger partial charge in [0, 0.05) is 37.9 Å². The molecule has 1 saturated heterocycles. The molecule has 0 aliphatic carbocycles. The van der Waals surface area contributed by atoms with E-state index in [2.05, 4.69) is 34.7 Å². The number of ether oxygens (including phenoxy) is 1. The molecule has 2 heterocycles. The zero-order chi connectivity index (χ0) is 17.6. The number of carbonyl (C=O) groups is 1. The molecule has 0 spiro atoms. The largest absolute Gasteiger partial charge is 0.375 e. The number of amides is 2. The zero-order valence-electron chi connectivity index (χ0n) is 14.9. The van der Waals surface area contributed by atoms with Gasteiger partial charge in [0.05, 0.1) is 18.9 Å². The number of nitrogens with one attached hydrogen (secondary N) is 1. The molecule has 0 radical (unpaired) electrons. The first-order chi connectivity index (χ1) is 12.1. The summed E-state index contributed by atoms with van der Waals surface area (Å²) in [5.74, 6) is 0. The minimum atomic E-state index is -0.0312. The van der Waals surface area contributed by atoms with Gasteiger partial charge in [0.1, 0.15) is 0 Å². The number of hydrogen-bond donors (Lipinski definition) is 1. The van der Waals surface area contributed by atoms with Crippen LogP contribution in [0.1, 0.15) is 23.2 Å². The van der Waals surface area contributed by atoms with E-state index in [-0.39, 0.29) is 12.1 Å². The molecule has 1 aliphatic heterocycles. The summed E-state index contributed by atoms with van der Waals surface area (Å²) < 4.78 is 7.65. The van der Waals surface area contributed by atoms with E-state index in [4.69, 9.17) is 4.74 Å². The maximum Gasteiger partial charge on any atom is 0.317 e. The summed E-state index contributed by atoms with van der Waals surface area (Å²) in [5.41, 5.74) is 3.42. The van der Waals surface area contributed by atoms with E-state index in [1.54, 1.807) is 6.20 Å². The van der Waals surface area contributed by atoms with Crippen LogP contribution in [0.25, 0.3) is 0 Å². The Kier molecular flexibility index (Phi) is 5.71. The number of rotatable bonds is 5. The van der Waals surface area contributed by atoms with Gasteiger partial charge in [-0.3, -0.25) is 4.68 Å². The molecule has 2 amide bonds. The minimum Gasteiger partial charge on any atom is -0.375 e. The molecule has 1 fully saturated rings. The highest BCUT2D eigenvalue weighted by molar-refractivity contribution is 5.74. The number of urea groups is 1. The van der Waals surface area contributed by atoms with Crippen LogP contribution in [0.4, 0.5) is 4.79 Å². The molecule has 1 N–H and O–H groups in total. The number of morpholine rings is 1. The van der Waals surface area contributed by atoms with Crippen LogP contribution in [0.2, 0.25) is 0 Å². The Labute approximate surface area is 148 Å². The Morgan fingerprint density at radius 1 is 1.36 bits per heavy atom. The normalized spacial score (nSPS) is 17.5. The predicted molar refractivity (Wildman–Crippen MR) is 96.3 cm³/mol. The van der Waals surface area contributed by atoms with Crippen molar-refractivity contribution in [3.63, 3.8) is 0 Å². The molecule has 2 aromatic rings. The fraction of sp³-hybridized carbons (Fsp3) is 0.474. The van der Waals surface area contributed by atoms with Gasteiger partial charge in [0.25, 0.3) is 0 Å². The number of aryl methyl sites for hydroxylation is 2. The zero-order valence-corrected chi connectivity index (χ0v) is 14.9. The van der Waals surface area contributed by atoms with E-state index in [9.17, 15) is 4.79 Å². The lowest BCUT2D eigenvalue weighted by Crippen LogP contribution is -2.49. The van der Waals surface area contributed by atoms with Crippen LogP contribution in [0.3, 0.4) is 0 Å². The summed E-state index contributed by atoms with van der Waals surface area (Å²) >= 11 is 0. The van der Waals surface area contributed by atoms with E-state index < -0.39 is 0 Å². The van der Waals surface area contributed by atoms with Gasteiger partial charge in [-0.05, 0) is 25.3 Å². The molecule has 1 aromatic carbocycles. The summed E-state index contributed by atoms with van der Waals surface area (Å²) in [4.78, 5) is 14.3. The fourth-order valence-corrected chi connectivity index (χ4v) is 3.05. The number of benzene rings is 1. The first-order valence-corrected chi connectivity index (χ1v) is 8.79. The van der Waals surface area contributed by atoms with Crippen molar-refractivity contribution in [1.29, 1.82) is 0 Å². The standard InChI is InChI=1S/C19H26N4O2/c1-15-17(13-21-22(15)2)12-20-19(24)23-10-11-25-18(14-23)9-8-16-6-4-3-5-7-16/h3-7,13,18H,8-12,14H2,1-2H3,(H,20,24)/t18-/m0/s1. The van der Waals surface area contributed by atoms with Crippen molar-refractivity contribution >= 4 is 6.03 Å². The molecule has 25 heavy (non-hydrogen) atoms. The van der Waals surface area contributed by atoms with Crippen molar-refractivity contribution in [2.24, 2.45) is 7.05 Å². The van der Waals surface area contributed by atoms with Crippen LogP contribution in [-0.4, -0.2) is 46.5 Å². The highest BCUT2D eigenvalue weighted by Gasteiger charge is 2.24. The lowest BCUT2D eigenvalue weighted by Gasteiger charge is -2.33. The lowest BCUT2D eigenvalue weighted by molar-refractivity contribution is -0.0176. The van der Waals surface area contributed by atoms with Crippen molar-refractivity contribution in [3.8, 4) is 0 Å². The van der Waals surface area contributed by atoms with Gasteiger partial charge < -0.3 is 15.0 Å². The molecule has 0 saturated carbocycles. The summed E-state index contributed by atoms with van der Waals surface area (Å²) in [7, 11) is 1.90. The topological polar surface area (TPSA) is 59.4 Å². The number of aromatic nitrogens is 2. The van der Waals surface area contributed by atoms with E-state index in [1.165, 1.54) is 5.56 Å². The van der Waals surface area contributed by atoms with Crippen molar-refractivity contribution in [1.82, 2.24) is 20.0 Å². The van der Waals surface area contributed by atoms with Gasteiger partial charge in [-0.25, -0.2) is 4.79 Å². The van der Waals surface area contributed by atoms with Crippen molar-refractivity contribution in [3.05, 3.63) is 53.3 Å². The first kappa shape index (κ1) is 17.5. The van der Waals surface area contributed by atoms with E-state index >= 15 is 0 Å². The van der Waals surface area contributed by atoms with Gasteiger partial charge in [0.15, 0.2) is 0 Å². The molecule has 1 aliphatic rings. The number of nitrogens with zero attached hydrogens (tertiary/aromatic N) is 3. The average Bonchev–Trinajstić information content (AvgIpc) is 2.97. The van der Waals surface area contributed by atoms with E-state index in [1.807, 2.05) is 29.6 Å². The number of carbonyl (C=O) groups excluding carboxylic acids is 1. The van der Waals surface area contributed by atoms with Gasteiger partial charge in [-0.15, -0.1) is 0 Å². The predicted octanol–water partition coefficient (Wildman–Crippen LogP) is 2.27. The Morgan fingerprint density at radius 2 is 2.16 bits per heavy atom. The second-order valence-electron chi connectivity index (χ2n) is 6.50. The second kappa shape index (κ2) is 8.16. The molecule has 6 heteroatoms. The third kappa shape index (κ3) is 4.60. The highest BCUT2D eigenvalue weighted by atomic mass is 16.5. The van der Waals surface area contributed by atoms with Gasteiger partial charge in [0.2, 0.25) is 0 Å². The molecule has 0 unspecified atom stereocenters. The maximum absolute atomic E-state index is 12.4. The van der Waals surface area contributed by atoms with Gasteiger partial charge in [-0.1, -0.05) is 30.3 Å². The Hall–Kier alpha value is -2.34. The van der Waals surface area contributed by atoms with E-state index in [0.717, 1.165) is 24.1 Å². The molecule has 134 valence electrons. The van der Waals surface area contributed by atoms with Crippen molar-refractivity contribution in [2.75, 3.05) is 19.7 Å². The maximum atomic E-state index is 12.4. The Balaban J connectivity index is 1.47. The highest BCUT2D eigenvalue weighted by Crippen LogP contribution is 2.13. The molecular formula is C19H26N4O2. The summed E-state index contributed by atoms with van der Waals surface area (Å²) in [6.45, 7) is 4.39. The molecule has 3 rings (SSSR count). The van der Waals surface area contributed by atoms with Crippen molar-refractivity contribution < 1.29 is 9.53 Å². The monoisotopic (exact) mass is 342 g/mol. The fourth-order valence-electron chi connectivity index (χ4n) is 3.05. The quantitative estimate of drug-likeness (QED) is 0.907. The van der Waals surface area contributed by atoms with Crippen LogP contribution in [0, 0.1) is 6.92 Å². The molecule has 6 nitrogen and oxygen atoms in total. The van der Waals surface area contributed by atoms with Crippen LogP contribution < -0.4 is 5.32 Å². The molecule has 1 atom stereocenters. The van der Waals surface area contributed by atoms with Crippen molar-refractivity contribution in [2.45, 2.75) is 32.4 Å². The molecular weight excluding hydrogens is 316 g/mol. The first-order valence-electron chi connectivity index (χ1n) is 8.79. The van der Waals surface area contributed by atoms with E-state index in [0.29, 0.717) is 26.2 Å². The second-order valence-corrected chi connectivity index (χ2v) is 6.50. The third-order valence-corrected chi connectivity index (χ3v) is 4.79. The van der Waals surface area contributed by atoms with Gasteiger partial charge in [-0.2, -0.15) is 5.10 Å². The van der Waals surface area contributed by atoms with Crippen LogP contribution in [0.15, 0.2) is 36.5 Å². The minimum absolute atomic E-state index is 0.0312. The summed E-state index contributed by atoms with van der Waals surface area (Å²) in [6.07, 6.45) is 3.79. The Bertz CT molecular complexity index is 699. The lowest BCUT2D eigenvalue weighted by atomic mass is 10.1. The van der Waals surface area contributed by atoms with Crippen LogP contribution >= 0.6 is 0 Å². The van der Waals surface area contributed by atoms with Gasteiger partial charge >= 0.3 is 6.03 Å². The summed E-state index contributed by atoms with van der Waals surface area (Å²) in [6, 6.07) is 10.4. The molecule has 1 aromatic heterocycles. The third-order valence-electron chi connectivity index (χ3n) is 4.79. The number of hydrogen-bond acceptors (Lipinski definition) is 3. The Morgan fingerprint density at radius 3 is 2.88 bits per heavy atom. The van der Waals surface area contributed by atoms with Crippen LogP contribution in [-0.2, 0) is 24.8 Å².